The molecule has 128 valence electrons. The molecule has 6 heteroatoms. The first-order valence-electron chi connectivity index (χ1n) is 7.88. The van der Waals surface area contributed by atoms with E-state index in [1.807, 2.05) is 36.2 Å². The molecule has 0 atom stereocenters. The maximum atomic E-state index is 4.31. The highest BCUT2D eigenvalue weighted by atomic mass is 127. The molecule has 1 heterocycles. The summed E-state index contributed by atoms with van der Waals surface area (Å²) in [4.78, 5) is 9.95. The topological polar surface area (TPSA) is 49.3 Å². The van der Waals surface area contributed by atoms with Crippen LogP contribution in [0.5, 0.6) is 0 Å². The van der Waals surface area contributed by atoms with Gasteiger partial charge in [-0.05, 0) is 37.1 Å². The summed E-state index contributed by atoms with van der Waals surface area (Å²) in [5.74, 6) is 0.829. The highest BCUT2D eigenvalue weighted by Gasteiger charge is 2.43. The minimum Gasteiger partial charge on any atom is -0.355 e. The second kappa shape index (κ2) is 9.27. The van der Waals surface area contributed by atoms with Gasteiger partial charge in [0, 0.05) is 29.4 Å². The molecule has 1 aromatic carbocycles. The third kappa shape index (κ3) is 5.66. The molecular weight excluding hydrogens is 431 g/mol. The number of hydrogen-bond donors (Lipinski definition) is 2. The van der Waals surface area contributed by atoms with Crippen LogP contribution in [0, 0.1) is 0 Å². The lowest BCUT2D eigenvalue weighted by Gasteiger charge is -2.18. The number of pyridine rings is 1. The van der Waals surface area contributed by atoms with E-state index in [0.717, 1.165) is 18.2 Å². The Labute approximate surface area is 165 Å². The first-order chi connectivity index (χ1) is 11.3. The van der Waals surface area contributed by atoms with Crippen LogP contribution in [-0.4, -0.2) is 29.3 Å². The van der Waals surface area contributed by atoms with Crippen LogP contribution in [0.3, 0.4) is 0 Å². The van der Waals surface area contributed by atoms with Gasteiger partial charge in [0.15, 0.2) is 5.96 Å². The Kier molecular flexibility index (Phi) is 7.36. The molecule has 1 fully saturated rings. The van der Waals surface area contributed by atoms with E-state index in [0.29, 0.717) is 11.3 Å². The molecule has 2 N–H and O–H groups in total. The van der Waals surface area contributed by atoms with E-state index in [-0.39, 0.29) is 24.0 Å². The van der Waals surface area contributed by atoms with E-state index in [4.69, 9.17) is 0 Å². The average molecular weight is 454 g/mol. The molecule has 0 saturated heterocycles. The molecule has 0 amide bonds. The lowest BCUT2D eigenvalue weighted by molar-refractivity contribution is 0.759. The van der Waals surface area contributed by atoms with Crippen LogP contribution < -0.4 is 10.6 Å². The number of nitrogens with one attached hydrogen (secondary N) is 2. The zero-order valence-corrected chi connectivity index (χ0v) is 16.9. The molecule has 1 saturated carbocycles. The van der Waals surface area contributed by atoms with Crippen molar-refractivity contribution in [3.8, 4) is 0 Å². The van der Waals surface area contributed by atoms with Crippen molar-refractivity contribution in [1.82, 2.24) is 15.6 Å². The summed E-state index contributed by atoms with van der Waals surface area (Å²) in [6, 6.07) is 16.5. The van der Waals surface area contributed by atoms with Crippen LogP contribution >= 0.6 is 35.7 Å². The van der Waals surface area contributed by atoms with Gasteiger partial charge in [0.25, 0.3) is 0 Å². The Balaban J connectivity index is 0.00000208. The van der Waals surface area contributed by atoms with Crippen LogP contribution in [0.15, 0.2) is 64.6 Å². The van der Waals surface area contributed by atoms with Crippen molar-refractivity contribution in [2.75, 3.05) is 13.6 Å². The number of guanidine groups is 1. The Morgan fingerprint density at radius 1 is 1.12 bits per heavy atom. The van der Waals surface area contributed by atoms with Gasteiger partial charge in [-0.1, -0.05) is 24.3 Å². The normalized spacial score (nSPS) is 15.3. The molecule has 0 spiro atoms. The Hall–Kier alpha value is -1.28. The number of benzene rings is 1. The molecule has 0 bridgehead atoms. The first kappa shape index (κ1) is 19.1. The van der Waals surface area contributed by atoms with Crippen LogP contribution in [0.4, 0.5) is 0 Å². The maximum absolute atomic E-state index is 4.31. The minimum atomic E-state index is 0. The fourth-order valence-corrected chi connectivity index (χ4v) is 3.58. The average Bonchev–Trinajstić information content (AvgIpc) is 3.36. The largest absolute Gasteiger partial charge is 0.355 e. The van der Waals surface area contributed by atoms with Gasteiger partial charge in [-0.2, -0.15) is 0 Å². The molecule has 0 aliphatic heterocycles. The zero-order chi connectivity index (χ0) is 16.0. The van der Waals surface area contributed by atoms with E-state index in [9.17, 15) is 0 Å². The summed E-state index contributed by atoms with van der Waals surface area (Å²) in [6.45, 7) is 1.60. The summed E-state index contributed by atoms with van der Waals surface area (Å²) < 4.78 is 0.309. The number of thioether (sulfide) groups is 1. The summed E-state index contributed by atoms with van der Waals surface area (Å²) in [6.07, 6.45) is 4.30. The number of nitrogens with zero attached hydrogens (tertiary/aromatic N) is 2. The molecule has 24 heavy (non-hydrogen) atoms. The third-order valence-corrected chi connectivity index (χ3v) is 5.34. The van der Waals surface area contributed by atoms with Gasteiger partial charge in [-0.3, -0.25) is 9.98 Å². The molecular formula is C18H23IN4S. The molecule has 4 nitrogen and oxygen atoms in total. The molecule has 0 unspecified atom stereocenters. The van der Waals surface area contributed by atoms with Gasteiger partial charge < -0.3 is 10.6 Å². The maximum Gasteiger partial charge on any atom is 0.191 e. The monoisotopic (exact) mass is 454 g/mol. The van der Waals surface area contributed by atoms with Crippen molar-refractivity contribution < 1.29 is 0 Å². The van der Waals surface area contributed by atoms with E-state index in [1.54, 1.807) is 7.05 Å². The third-order valence-electron chi connectivity index (χ3n) is 3.85. The van der Waals surface area contributed by atoms with E-state index in [1.165, 1.54) is 17.7 Å². The second-order valence-corrected chi connectivity index (χ2v) is 7.24. The van der Waals surface area contributed by atoms with Crippen molar-refractivity contribution >= 4 is 41.7 Å². The summed E-state index contributed by atoms with van der Waals surface area (Å²) in [5.41, 5.74) is 1.01. The smallest absolute Gasteiger partial charge is 0.191 e. The molecule has 1 aliphatic carbocycles. The van der Waals surface area contributed by atoms with E-state index < -0.39 is 0 Å². The van der Waals surface area contributed by atoms with E-state index >= 15 is 0 Å². The Morgan fingerprint density at radius 3 is 2.50 bits per heavy atom. The highest BCUT2D eigenvalue weighted by molar-refractivity contribution is 14.0. The fraction of sp³-hybridized carbons (Fsp3) is 0.333. The number of halogens is 1. The number of hydrogen-bond acceptors (Lipinski definition) is 3. The predicted molar refractivity (Wildman–Crippen MR) is 112 cm³/mol. The summed E-state index contributed by atoms with van der Waals surface area (Å²) in [5, 5.41) is 6.77. The van der Waals surface area contributed by atoms with Crippen molar-refractivity contribution in [1.29, 1.82) is 0 Å². The first-order valence-corrected chi connectivity index (χ1v) is 8.70. The van der Waals surface area contributed by atoms with Crippen molar-refractivity contribution in [2.24, 2.45) is 4.99 Å². The van der Waals surface area contributed by atoms with Crippen molar-refractivity contribution in [2.45, 2.75) is 29.0 Å². The van der Waals surface area contributed by atoms with Crippen molar-refractivity contribution in [3.05, 3.63) is 60.4 Å². The van der Waals surface area contributed by atoms with Gasteiger partial charge in [-0.15, -0.1) is 35.7 Å². The Bertz CT molecular complexity index is 645. The minimum absolute atomic E-state index is 0. The number of aromatic nitrogens is 1. The van der Waals surface area contributed by atoms with Gasteiger partial charge in [0.1, 0.15) is 0 Å². The second-order valence-electron chi connectivity index (χ2n) is 5.70. The molecule has 1 aliphatic rings. The number of rotatable bonds is 6. The van der Waals surface area contributed by atoms with Crippen LogP contribution in [0.2, 0.25) is 0 Å². The standard InChI is InChI=1S/C18H22N4S.HI/c1-19-17(21-13-15-7-5-6-12-20-15)22-14-18(10-11-18)23-16-8-3-2-4-9-16;/h2-9,12H,10-11,13-14H2,1H3,(H2,19,21,22);1H. The molecule has 1 aromatic heterocycles. The number of aliphatic imine (C=N–C) groups is 1. The lowest BCUT2D eigenvalue weighted by atomic mass is 10.3. The SMILES string of the molecule is CN=C(NCc1ccccn1)NCC1(Sc2ccccc2)CC1.I. The quantitative estimate of drug-likeness (QED) is 0.397. The summed E-state index contributed by atoms with van der Waals surface area (Å²) in [7, 11) is 1.80. The zero-order valence-electron chi connectivity index (χ0n) is 13.7. The van der Waals surface area contributed by atoms with Crippen molar-refractivity contribution in [3.63, 3.8) is 0 Å². The highest BCUT2D eigenvalue weighted by Crippen LogP contribution is 2.51. The predicted octanol–water partition coefficient (Wildman–Crippen LogP) is 3.69. The Morgan fingerprint density at radius 2 is 1.88 bits per heavy atom. The van der Waals surface area contributed by atoms with Crippen LogP contribution in [-0.2, 0) is 6.54 Å². The van der Waals surface area contributed by atoms with Gasteiger partial charge in [0.05, 0.1) is 12.2 Å². The fourth-order valence-electron chi connectivity index (χ4n) is 2.34. The summed E-state index contributed by atoms with van der Waals surface area (Å²) >= 11 is 1.97. The van der Waals surface area contributed by atoms with Gasteiger partial charge in [0.2, 0.25) is 0 Å². The molecule has 3 rings (SSSR count). The van der Waals surface area contributed by atoms with Gasteiger partial charge in [-0.25, -0.2) is 0 Å². The van der Waals surface area contributed by atoms with E-state index in [2.05, 4.69) is 50.9 Å². The van der Waals surface area contributed by atoms with Crippen LogP contribution in [0.1, 0.15) is 18.5 Å². The lowest BCUT2D eigenvalue weighted by Crippen LogP contribution is -2.40. The molecule has 0 radical (unpaired) electrons. The molecule has 2 aromatic rings. The van der Waals surface area contributed by atoms with Crippen LogP contribution in [0.25, 0.3) is 0 Å². The van der Waals surface area contributed by atoms with Gasteiger partial charge >= 0.3 is 0 Å².